The molecule has 100 valence electrons. The van der Waals surface area contributed by atoms with Crippen LogP contribution in [0.4, 0.5) is 0 Å². The Hall–Kier alpha value is -1.82. The number of carbonyl (C=O) groups is 1. The van der Waals surface area contributed by atoms with Gasteiger partial charge in [0.1, 0.15) is 5.25 Å². The molecule has 0 aliphatic rings. The molecule has 1 aromatic carbocycles. The van der Waals surface area contributed by atoms with Crippen molar-refractivity contribution in [3.8, 4) is 0 Å². The van der Waals surface area contributed by atoms with Crippen LogP contribution in [0, 0.1) is 0 Å². The zero-order valence-corrected chi connectivity index (χ0v) is 11.4. The molecule has 2 aromatic rings. The number of carboxylic acids is 1. The van der Waals surface area contributed by atoms with E-state index in [0.29, 0.717) is 12.2 Å². The summed E-state index contributed by atoms with van der Waals surface area (Å²) in [4.78, 5) is 11.3. The van der Waals surface area contributed by atoms with Gasteiger partial charge < -0.3 is 5.11 Å². The normalized spacial score (nSPS) is 12.3. The van der Waals surface area contributed by atoms with Crippen molar-refractivity contribution in [1.82, 2.24) is 15.0 Å². The van der Waals surface area contributed by atoms with Gasteiger partial charge in [-0.2, -0.15) is 0 Å². The summed E-state index contributed by atoms with van der Waals surface area (Å²) < 4.78 is 1.61. The van der Waals surface area contributed by atoms with Crippen molar-refractivity contribution in [2.45, 2.75) is 17.4 Å². The first kappa shape index (κ1) is 13.6. The standard InChI is InChI=1S/C13H15N3O2S/c1-16-8-11(14-15-16)9-19-12(13(17)18)7-10-5-3-2-4-6-10/h2-6,8,12H,7,9H2,1H3,(H,17,18). The highest BCUT2D eigenvalue weighted by molar-refractivity contribution is 7.99. The van der Waals surface area contributed by atoms with Gasteiger partial charge in [0.25, 0.3) is 0 Å². The first-order valence-electron chi connectivity index (χ1n) is 5.88. The molecular formula is C13H15N3O2S. The van der Waals surface area contributed by atoms with Gasteiger partial charge in [-0.3, -0.25) is 9.48 Å². The summed E-state index contributed by atoms with van der Waals surface area (Å²) in [6.45, 7) is 0. The lowest BCUT2D eigenvalue weighted by Gasteiger charge is -2.11. The van der Waals surface area contributed by atoms with Crippen LogP contribution >= 0.6 is 11.8 Å². The van der Waals surface area contributed by atoms with Crippen molar-refractivity contribution >= 4 is 17.7 Å². The van der Waals surface area contributed by atoms with Crippen LogP contribution < -0.4 is 0 Å². The van der Waals surface area contributed by atoms with E-state index in [1.807, 2.05) is 30.3 Å². The third-order valence-electron chi connectivity index (χ3n) is 2.62. The third-order valence-corrected chi connectivity index (χ3v) is 3.85. The van der Waals surface area contributed by atoms with Gasteiger partial charge in [0.15, 0.2) is 0 Å². The Morgan fingerprint density at radius 2 is 2.16 bits per heavy atom. The number of nitrogens with zero attached hydrogens (tertiary/aromatic N) is 3. The van der Waals surface area contributed by atoms with Gasteiger partial charge in [0.05, 0.1) is 5.69 Å². The lowest BCUT2D eigenvalue weighted by atomic mass is 10.1. The van der Waals surface area contributed by atoms with Gasteiger partial charge in [-0.1, -0.05) is 35.5 Å². The second-order valence-corrected chi connectivity index (χ2v) is 5.40. The average Bonchev–Trinajstić information content (AvgIpc) is 2.81. The van der Waals surface area contributed by atoms with Gasteiger partial charge in [0, 0.05) is 19.0 Å². The van der Waals surface area contributed by atoms with Gasteiger partial charge >= 0.3 is 5.97 Å². The van der Waals surface area contributed by atoms with Gasteiger partial charge in [-0.15, -0.1) is 16.9 Å². The topological polar surface area (TPSA) is 68.0 Å². The molecule has 0 aliphatic heterocycles. The Morgan fingerprint density at radius 3 is 2.74 bits per heavy atom. The molecule has 19 heavy (non-hydrogen) atoms. The Balaban J connectivity index is 1.95. The fourth-order valence-corrected chi connectivity index (χ4v) is 2.65. The number of benzene rings is 1. The molecular weight excluding hydrogens is 262 g/mol. The zero-order valence-electron chi connectivity index (χ0n) is 10.6. The van der Waals surface area contributed by atoms with Gasteiger partial charge in [0.2, 0.25) is 0 Å². The molecule has 1 heterocycles. The summed E-state index contributed by atoms with van der Waals surface area (Å²) in [5.74, 6) is -0.241. The minimum Gasteiger partial charge on any atom is -0.480 e. The van der Waals surface area contributed by atoms with Crippen LogP contribution in [0.3, 0.4) is 0 Å². The molecule has 6 heteroatoms. The van der Waals surface area contributed by atoms with Crippen LogP contribution in [0.2, 0.25) is 0 Å². The van der Waals surface area contributed by atoms with Crippen molar-refractivity contribution < 1.29 is 9.90 Å². The third kappa shape index (κ3) is 4.10. The van der Waals surface area contributed by atoms with E-state index >= 15 is 0 Å². The summed E-state index contributed by atoms with van der Waals surface area (Å²) in [6, 6.07) is 9.65. The SMILES string of the molecule is Cn1cc(CSC(Cc2ccccc2)C(=O)O)nn1. The highest BCUT2D eigenvalue weighted by atomic mass is 32.2. The maximum atomic E-state index is 11.3. The second-order valence-electron chi connectivity index (χ2n) is 4.21. The molecule has 0 spiro atoms. The number of hydrogen-bond acceptors (Lipinski definition) is 4. The molecule has 0 saturated heterocycles. The van der Waals surface area contributed by atoms with E-state index < -0.39 is 11.2 Å². The van der Waals surface area contributed by atoms with Crippen molar-refractivity contribution in [1.29, 1.82) is 0 Å². The first-order valence-corrected chi connectivity index (χ1v) is 6.93. The summed E-state index contributed by atoms with van der Waals surface area (Å²) in [5, 5.41) is 16.6. The fraction of sp³-hybridized carbons (Fsp3) is 0.308. The molecule has 1 atom stereocenters. The lowest BCUT2D eigenvalue weighted by Crippen LogP contribution is -2.19. The van der Waals surface area contributed by atoms with Gasteiger partial charge in [-0.05, 0) is 12.0 Å². The van der Waals surface area contributed by atoms with Crippen molar-refractivity contribution in [3.05, 3.63) is 47.8 Å². The quantitative estimate of drug-likeness (QED) is 0.871. The summed E-state index contributed by atoms with van der Waals surface area (Å²) in [5.41, 5.74) is 1.83. The van der Waals surface area contributed by atoms with E-state index in [9.17, 15) is 9.90 Å². The lowest BCUT2D eigenvalue weighted by molar-refractivity contribution is -0.136. The highest BCUT2D eigenvalue weighted by Crippen LogP contribution is 2.20. The Labute approximate surface area is 115 Å². The van der Waals surface area contributed by atoms with E-state index in [1.165, 1.54) is 11.8 Å². The van der Waals surface area contributed by atoms with E-state index in [2.05, 4.69) is 10.3 Å². The molecule has 2 rings (SSSR count). The second kappa shape index (κ2) is 6.38. The largest absolute Gasteiger partial charge is 0.480 e. The molecule has 0 bridgehead atoms. The van der Waals surface area contributed by atoms with Crippen LogP contribution in [0.1, 0.15) is 11.3 Å². The molecule has 0 fully saturated rings. The van der Waals surface area contributed by atoms with E-state index in [4.69, 9.17) is 0 Å². The summed E-state index contributed by atoms with van der Waals surface area (Å²) >= 11 is 1.38. The smallest absolute Gasteiger partial charge is 0.316 e. The minimum atomic E-state index is -0.794. The van der Waals surface area contributed by atoms with E-state index in [-0.39, 0.29) is 0 Å². The number of hydrogen-bond donors (Lipinski definition) is 1. The minimum absolute atomic E-state index is 0.468. The van der Waals surface area contributed by atoms with Crippen LogP contribution in [-0.4, -0.2) is 31.3 Å². The molecule has 5 nitrogen and oxygen atoms in total. The number of thioether (sulfide) groups is 1. The zero-order chi connectivity index (χ0) is 13.7. The van der Waals surface area contributed by atoms with Crippen molar-refractivity contribution in [2.75, 3.05) is 0 Å². The molecule has 1 aromatic heterocycles. The molecule has 1 N–H and O–H groups in total. The number of rotatable bonds is 6. The maximum Gasteiger partial charge on any atom is 0.316 e. The predicted octanol–water partition coefficient (Wildman–Crippen LogP) is 1.74. The van der Waals surface area contributed by atoms with Crippen LogP contribution in [0.5, 0.6) is 0 Å². The van der Waals surface area contributed by atoms with E-state index in [0.717, 1.165) is 11.3 Å². The van der Waals surface area contributed by atoms with Crippen molar-refractivity contribution in [3.63, 3.8) is 0 Å². The Kier molecular flexibility index (Phi) is 4.57. The number of aryl methyl sites for hydroxylation is 1. The molecule has 0 radical (unpaired) electrons. The predicted molar refractivity (Wildman–Crippen MR) is 73.9 cm³/mol. The van der Waals surface area contributed by atoms with Crippen LogP contribution in [-0.2, 0) is 24.0 Å². The molecule has 0 amide bonds. The number of carboxylic acid groups (broad SMARTS) is 1. The average molecular weight is 277 g/mol. The Bertz CT molecular complexity index is 542. The molecule has 0 saturated carbocycles. The number of aromatic nitrogens is 3. The van der Waals surface area contributed by atoms with Crippen LogP contribution in [0.15, 0.2) is 36.5 Å². The fourth-order valence-electron chi connectivity index (χ4n) is 1.69. The number of aliphatic carboxylic acids is 1. The molecule has 0 aliphatic carbocycles. The monoisotopic (exact) mass is 277 g/mol. The Morgan fingerprint density at radius 1 is 1.42 bits per heavy atom. The van der Waals surface area contributed by atoms with Gasteiger partial charge in [-0.25, -0.2) is 0 Å². The maximum absolute atomic E-state index is 11.3. The summed E-state index contributed by atoms with van der Waals surface area (Å²) in [6.07, 6.45) is 2.32. The summed E-state index contributed by atoms with van der Waals surface area (Å²) in [7, 11) is 1.79. The van der Waals surface area contributed by atoms with Crippen LogP contribution in [0.25, 0.3) is 0 Å². The van der Waals surface area contributed by atoms with E-state index in [1.54, 1.807) is 17.9 Å². The molecule has 1 unspecified atom stereocenters. The highest BCUT2D eigenvalue weighted by Gasteiger charge is 2.19. The first-order chi connectivity index (χ1) is 9.15. The van der Waals surface area contributed by atoms with Crippen molar-refractivity contribution in [2.24, 2.45) is 7.05 Å².